The Labute approximate surface area is 299 Å². The third-order valence-corrected chi connectivity index (χ3v) is 9.30. The Morgan fingerprint density at radius 1 is 0.941 bits per heavy atom. The van der Waals surface area contributed by atoms with E-state index < -0.39 is 11.6 Å². The van der Waals surface area contributed by atoms with Crippen LogP contribution in [0.2, 0.25) is 0 Å². The van der Waals surface area contributed by atoms with Crippen molar-refractivity contribution in [2.45, 2.75) is 43.3 Å². The zero-order valence-corrected chi connectivity index (χ0v) is 28.6. The highest BCUT2D eigenvalue weighted by Gasteiger charge is 2.54. The summed E-state index contributed by atoms with van der Waals surface area (Å²) in [4.78, 5) is 25.7. The monoisotopic (exact) mass is 708 g/mol. The number of ether oxygens (including phenoxy) is 2. The molecule has 4 aromatic rings. The number of carbonyl (C=O) groups excluding carboxylic acids is 1. The molecule has 14 heteroatoms. The third kappa shape index (κ3) is 9.59. The number of hydrogen-bond acceptors (Lipinski definition) is 8. The molecular weight excluding hydrogens is 672 g/mol. The summed E-state index contributed by atoms with van der Waals surface area (Å²) in [6, 6.07) is 28.2. The number of aliphatic imine (C=N–C) groups is 1. The molecule has 0 saturated carbocycles. The predicted octanol–water partition coefficient (Wildman–Crippen LogP) is 7.76. The van der Waals surface area contributed by atoms with Crippen LogP contribution in [0.15, 0.2) is 112 Å². The molecule has 0 fully saturated rings. The first-order valence-electron chi connectivity index (χ1n) is 16.3. The average Bonchev–Trinajstić information content (AvgIpc) is 3.54. The Morgan fingerprint density at radius 3 is 2.31 bits per heavy atom. The SMILES string of the molecule is [N-]=[N+]=NCc1ccccc1C[C@@]1(C(=O)NCCSCc2ccc(F)cc2)N=C(c2ccc(OCCCO)cc2)O[C@@H]1c1ccccc1CN=[N+]=[N-]. The van der Waals surface area contributed by atoms with Crippen molar-refractivity contribution in [1.29, 1.82) is 0 Å². The van der Waals surface area contributed by atoms with Crippen molar-refractivity contribution < 1.29 is 23.8 Å². The first-order valence-corrected chi connectivity index (χ1v) is 17.5. The van der Waals surface area contributed by atoms with Crippen LogP contribution >= 0.6 is 11.8 Å². The fraction of sp³-hybridized carbons (Fsp3) is 0.297. The van der Waals surface area contributed by atoms with Crippen molar-refractivity contribution in [1.82, 2.24) is 5.32 Å². The van der Waals surface area contributed by atoms with E-state index in [-0.39, 0.29) is 43.7 Å². The number of nitrogens with one attached hydrogen (secondary N) is 1. The first kappa shape index (κ1) is 36.8. The van der Waals surface area contributed by atoms with E-state index in [1.54, 1.807) is 48.2 Å². The Balaban J connectivity index is 1.53. The fourth-order valence-electron chi connectivity index (χ4n) is 5.74. The van der Waals surface area contributed by atoms with Gasteiger partial charge in [0, 0.05) is 52.9 Å². The van der Waals surface area contributed by atoms with E-state index >= 15 is 0 Å². The highest BCUT2D eigenvalue weighted by atomic mass is 32.2. The molecule has 1 aliphatic heterocycles. The van der Waals surface area contributed by atoms with E-state index in [0.717, 1.165) is 16.7 Å². The highest BCUT2D eigenvalue weighted by Crippen LogP contribution is 2.44. The molecule has 4 aromatic carbocycles. The van der Waals surface area contributed by atoms with Gasteiger partial charge in [-0.25, -0.2) is 9.38 Å². The molecule has 0 saturated heterocycles. The number of benzene rings is 4. The van der Waals surface area contributed by atoms with Crippen LogP contribution in [-0.2, 0) is 34.8 Å². The lowest BCUT2D eigenvalue weighted by Gasteiger charge is -2.32. The van der Waals surface area contributed by atoms with Crippen molar-refractivity contribution in [2.75, 3.05) is 25.5 Å². The Hall–Kier alpha value is -5.52. The maximum atomic E-state index is 14.7. The van der Waals surface area contributed by atoms with E-state index in [2.05, 4.69) is 25.4 Å². The number of rotatable bonds is 18. The van der Waals surface area contributed by atoms with Gasteiger partial charge in [0.1, 0.15) is 11.6 Å². The van der Waals surface area contributed by atoms with Crippen molar-refractivity contribution in [3.05, 3.63) is 157 Å². The van der Waals surface area contributed by atoms with Gasteiger partial charge in [0.25, 0.3) is 5.91 Å². The Morgan fingerprint density at radius 2 is 1.61 bits per heavy atom. The van der Waals surface area contributed by atoms with Crippen molar-refractivity contribution in [3.8, 4) is 5.75 Å². The van der Waals surface area contributed by atoms with Crippen LogP contribution in [0.1, 0.15) is 45.9 Å². The van der Waals surface area contributed by atoms with E-state index in [9.17, 15) is 9.18 Å². The molecule has 1 aliphatic rings. The smallest absolute Gasteiger partial charge is 0.252 e. The van der Waals surface area contributed by atoms with Crippen LogP contribution < -0.4 is 10.1 Å². The number of nitrogens with zero attached hydrogens (tertiary/aromatic N) is 7. The number of thioether (sulfide) groups is 1. The van der Waals surface area contributed by atoms with Crippen LogP contribution in [0.25, 0.3) is 20.9 Å². The van der Waals surface area contributed by atoms with E-state index in [0.29, 0.717) is 53.5 Å². The number of aliphatic hydroxyl groups excluding tert-OH is 1. The zero-order valence-electron chi connectivity index (χ0n) is 27.8. The van der Waals surface area contributed by atoms with Gasteiger partial charge in [-0.3, -0.25) is 4.79 Å². The number of amides is 1. The summed E-state index contributed by atoms with van der Waals surface area (Å²) in [6.07, 6.45) is -0.333. The lowest BCUT2D eigenvalue weighted by atomic mass is 9.79. The molecule has 5 rings (SSSR count). The van der Waals surface area contributed by atoms with Gasteiger partial charge in [-0.05, 0) is 75.3 Å². The lowest BCUT2D eigenvalue weighted by molar-refractivity contribution is -0.128. The van der Waals surface area contributed by atoms with Crippen LogP contribution in [0, 0.1) is 5.82 Å². The van der Waals surface area contributed by atoms with E-state index in [1.165, 1.54) is 12.1 Å². The van der Waals surface area contributed by atoms with Gasteiger partial charge in [0.2, 0.25) is 5.90 Å². The van der Waals surface area contributed by atoms with Crippen LogP contribution in [0.5, 0.6) is 5.75 Å². The second-order valence-corrected chi connectivity index (χ2v) is 12.8. The summed E-state index contributed by atoms with van der Waals surface area (Å²) in [5.74, 6) is 1.42. The zero-order chi connectivity index (χ0) is 35.9. The Kier molecular flexibility index (Phi) is 13.3. The van der Waals surface area contributed by atoms with Crippen LogP contribution in [-0.4, -0.2) is 48.0 Å². The molecule has 1 heterocycles. The minimum absolute atomic E-state index is 0.0222. The van der Waals surface area contributed by atoms with Gasteiger partial charge < -0.3 is 19.9 Å². The number of aliphatic hydroxyl groups is 1. The molecule has 0 spiro atoms. The molecule has 2 N–H and O–H groups in total. The molecule has 0 radical (unpaired) electrons. The predicted molar refractivity (Wildman–Crippen MR) is 195 cm³/mol. The second kappa shape index (κ2) is 18.5. The molecular formula is C37H37FN8O4S. The van der Waals surface area contributed by atoms with Crippen molar-refractivity contribution >= 4 is 23.6 Å². The molecule has 0 aliphatic carbocycles. The van der Waals surface area contributed by atoms with Gasteiger partial charge >= 0.3 is 0 Å². The standard InChI is InChI=1S/C37H37FN8O4S/c38-31-14-10-26(11-15-31)25-51-21-18-41-36(48)37(22-28-6-1-2-7-29(28)23-42-45-39)34(33-9-4-3-8-30(33)24-43-46-40)50-35(44-37)27-12-16-32(17-13-27)49-20-5-19-47/h1-4,6-17,34,47H,5,18-25H2,(H,41,48)/t34-,37-/m1/s1. The molecule has 0 aromatic heterocycles. The van der Waals surface area contributed by atoms with Crippen molar-refractivity contribution in [3.63, 3.8) is 0 Å². The molecule has 262 valence electrons. The summed E-state index contributed by atoms with van der Waals surface area (Å²) in [7, 11) is 0. The van der Waals surface area contributed by atoms with E-state index in [1.807, 2.05) is 48.5 Å². The molecule has 51 heavy (non-hydrogen) atoms. The van der Waals surface area contributed by atoms with Gasteiger partial charge in [-0.2, -0.15) is 11.8 Å². The van der Waals surface area contributed by atoms with Crippen LogP contribution in [0.3, 0.4) is 0 Å². The molecule has 2 atom stereocenters. The Bertz CT molecular complexity index is 1910. The number of azide groups is 2. The summed E-state index contributed by atoms with van der Waals surface area (Å²) in [5.41, 5.74) is 21.1. The minimum atomic E-state index is -1.54. The number of hydrogen-bond donors (Lipinski definition) is 2. The highest BCUT2D eigenvalue weighted by molar-refractivity contribution is 7.98. The molecule has 12 nitrogen and oxygen atoms in total. The summed E-state index contributed by atoms with van der Waals surface area (Å²) < 4.78 is 25.8. The van der Waals surface area contributed by atoms with Gasteiger partial charge in [-0.1, -0.05) is 70.9 Å². The van der Waals surface area contributed by atoms with Gasteiger partial charge in [-0.15, -0.1) is 0 Å². The van der Waals surface area contributed by atoms with Gasteiger partial charge in [0.05, 0.1) is 19.7 Å². The first-order chi connectivity index (χ1) is 25.0. The quantitative estimate of drug-likeness (QED) is 0.0464. The number of carbonyl (C=O) groups is 1. The fourth-order valence-corrected chi connectivity index (χ4v) is 6.56. The topological polar surface area (TPSA) is 178 Å². The van der Waals surface area contributed by atoms with Crippen molar-refractivity contribution in [2.24, 2.45) is 15.2 Å². The normalized spacial score (nSPS) is 16.3. The number of halogens is 1. The maximum Gasteiger partial charge on any atom is 0.252 e. The van der Waals surface area contributed by atoms with Gasteiger partial charge in [0.15, 0.2) is 11.6 Å². The lowest BCUT2D eigenvalue weighted by Crippen LogP contribution is -2.50. The molecule has 0 bridgehead atoms. The maximum absolute atomic E-state index is 14.7. The molecule has 1 amide bonds. The summed E-state index contributed by atoms with van der Waals surface area (Å²) >= 11 is 1.60. The average molecular weight is 709 g/mol. The van der Waals surface area contributed by atoms with E-state index in [4.69, 9.17) is 30.6 Å². The summed E-state index contributed by atoms with van der Waals surface area (Å²) in [6.45, 7) is 0.821. The largest absolute Gasteiger partial charge is 0.494 e. The third-order valence-electron chi connectivity index (χ3n) is 8.27. The second-order valence-electron chi connectivity index (χ2n) is 11.6. The molecule has 0 unspecified atom stereocenters. The summed E-state index contributed by atoms with van der Waals surface area (Å²) in [5, 5.41) is 19.8. The minimum Gasteiger partial charge on any atom is -0.494 e. The van der Waals surface area contributed by atoms with Crippen LogP contribution in [0.4, 0.5) is 4.39 Å².